The van der Waals surface area contributed by atoms with Gasteiger partial charge in [-0.3, -0.25) is 4.79 Å². The average Bonchev–Trinajstić information content (AvgIpc) is 2.52. The molecule has 0 aliphatic heterocycles. The van der Waals surface area contributed by atoms with E-state index in [0.717, 1.165) is 28.5 Å². The van der Waals surface area contributed by atoms with E-state index in [1.807, 2.05) is 62.4 Å². The molecule has 0 bridgehead atoms. The Balaban J connectivity index is 2.00. The van der Waals surface area contributed by atoms with Gasteiger partial charge in [-0.15, -0.1) is 0 Å². The largest absolute Gasteiger partial charge is 0.351 e. The van der Waals surface area contributed by atoms with Gasteiger partial charge in [0.25, 0.3) is 0 Å². The minimum absolute atomic E-state index is 0.179. The van der Waals surface area contributed by atoms with Gasteiger partial charge in [-0.2, -0.15) is 4.31 Å². The summed E-state index contributed by atoms with van der Waals surface area (Å²) >= 11 is 0. The van der Waals surface area contributed by atoms with Gasteiger partial charge < -0.3 is 5.32 Å². The number of carbonyl (C=O) groups is 1. The summed E-state index contributed by atoms with van der Waals surface area (Å²) in [5.41, 5.74) is 4.01. The van der Waals surface area contributed by atoms with Gasteiger partial charge in [0.15, 0.2) is 0 Å². The van der Waals surface area contributed by atoms with Crippen LogP contribution in [0.3, 0.4) is 0 Å². The Morgan fingerprint density at radius 2 is 1.56 bits per heavy atom. The predicted molar refractivity (Wildman–Crippen MR) is 99.5 cm³/mol. The topological polar surface area (TPSA) is 66.5 Å². The van der Waals surface area contributed by atoms with Crippen molar-refractivity contribution in [2.75, 3.05) is 12.8 Å². The minimum atomic E-state index is -3.49. The third kappa shape index (κ3) is 6.32. The predicted octanol–water partition coefficient (Wildman–Crippen LogP) is 2.38. The lowest BCUT2D eigenvalue weighted by Crippen LogP contribution is -2.39. The molecule has 5 nitrogen and oxygen atoms in total. The van der Waals surface area contributed by atoms with Crippen molar-refractivity contribution in [3.63, 3.8) is 0 Å². The Labute approximate surface area is 149 Å². The fourth-order valence-corrected chi connectivity index (χ4v) is 3.28. The number of rotatable bonds is 7. The molecule has 0 heterocycles. The van der Waals surface area contributed by atoms with Crippen molar-refractivity contribution in [3.05, 3.63) is 70.8 Å². The maximum atomic E-state index is 12.2. The Morgan fingerprint density at radius 1 is 1.00 bits per heavy atom. The molecule has 0 aromatic heterocycles. The van der Waals surface area contributed by atoms with Crippen molar-refractivity contribution in [2.45, 2.75) is 26.9 Å². The Hall–Kier alpha value is -2.18. The van der Waals surface area contributed by atoms with Crippen LogP contribution in [-0.4, -0.2) is 31.4 Å². The highest BCUT2D eigenvalue weighted by Gasteiger charge is 2.20. The van der Waals surface area contributed by atoms with Crippen LogP contribution in [0.5, 0.6) is 0 Å². The lowest BCUT2D eigenvalue weighted by Gasteiger charge is -2.20. The summed E-state index contributed by atoms with van der Waals surface area (Å²) in [6.45, 7) is 4.29. The molecule has 0 atom stereocenters. The maximum absolute atomic E-state index is 12.2. The number of aryl methyl sites for hydroxylation is 2. The smallest absolute Gasteiger partial charge is 0.235 e. The summed E-state index contributed by atoms with van der Waals surface area (Å²) in [7, 11) is -3.49. The molecule has 0 saturated heterocycles. The summed E-state index contributed by atoms with van der Waals surface area (Å²) in [4.78, 5) is 12.2. The quantitative estimate of drug-likeness (QED) is 0.824. The highest BCUT2D eigenvalue weighted by molar-refractivity contribution is 7.88. The second kappa shape index (κ2) is 8.27. The number of hydrogen-bond donors (Lipinski definition) is 1. The number of nitrogens with zero attached hydrogens (tertiary/aromatic N) is 1. The normalized spacial score (nSPS) is 11.5. The molecule has 1 N–H and O–H groups in total. The van der Waals surface area contributed by atoms with Crippen molar-refractivity contribution in [1.29, 1.82) is 0 Å². The van der Waals surface area contributed by atoms with Gasteiger partial charge in [0.1, 0.15) is 0 Å². The van der Waals surface area contributed by atoms with Crippen molar-refractivity contribution >= 4 is 15.9 Å². The lowest BCUT2D eigenvalue weighted by atomic mass is 10.1. The van der Waals surface area contributed by atoms with Crippen LogP contribution in [-0.2, 0) is 27.9 Å². The first kappa shape index (κ1) is 19.1. The van der Waals surface area contributed by atoms with E-state index in [9.17, 15) is 13.2 Å². The standard InChI is InChI=1S/C19H24N2O3S/c1-15-6-4-8-17(10-15)12-20-19(22)14-21(25(3,23)24)13-18-9-5-7-16(2)11-18/h4-11H,12-14H2,1-3H3,(H,20,22). The van der Waals surface area contributed by atoms with Gasteiger partial charge in [0.2, 0.25) is 15.9 Å². The van der Waals surface area contributed by atoms with Crippen molar-refractivity contribution in [1.82, 2.24) is 9.62 Å². The summed E-state index contributed by atoms with van der Waals surface area (Å²) in [5.74, 6) is -0.320. The number of amides is 1. The lowest BCUT2D eigenvalue weighted by molar-refractivity contribution is -0.121. The zero-order valence-corrected chi connectivity index (χ0v) is 15.6. The van der Waals surface area contributed by atoms with Crippen LogP contribution in [0.2, 0.25) is 0 Å². The molecule has 25 heavy (non-hydrogen) atoms. The molecule has 2 aromatic carbocycles. The molecule has 0 spiro atoms. The van der Waals surface area contributed by atoms with E-state index in [-0.39, 0.29) is 19.0 Å². The number of hydrogen-bond acceptors (Lipinski definition) is 3. The summed E-state index contributed by atoms with van der Waals surface area (Å²) in [6, 6.07) is 15.4. The molecule has 0 fully saturated rings. The fraction of sp³-hybridized carbons (Fsp3) is 0.316. The van der Waals surface area contributed by atoms with Crippen LogP contribution >= 0.6 is 0 Å². The zero-order valence-electron chi connectivity index (χ0n) is 14.8. The third-order valence-corrected chi connectivity index (χ3v) is 5.00. The molecule has 1 amide bonds. The third-order valence-electron chi connectivity index (χ3n) is 3.80. The molecule has 0 aliphatic rings. The van der Waals surface area contributed by atoms with Crippen LogP contribution in [0.15, 0.2) is 48.5 Å². The van der Waals surface area contributed by atoms with Crippen molar-refractivity contribution in [2.24, 2.45) is 0 Å². The molecule has 0 saturated carbocycles. The van der Waals surface area contributed by atoms with Gasteiger partial charge in [-0.05, 0) is 25.0 Å². The Morgan fingerprint density at radius 3 is 2.12 bits per heavy atom. The highest BCUT2D eigenvalue weighted by atomic mass is 32.2. The van der Waals surface area contributed by atoms with Crippen LogP contribution in [0.25, 0.3) is 0 Å². The molecule has 0 unspecified atom stereocenters. The van der Waals surface area contributed by atoms with Gasteiger partial charge in [-0.1, -0.05) is 59.7 Å². The first-order valence-electron chi connectivity index (χ1n) is 8.07. The molecule has 6 heteroatoms. The van der Waals surface area contributed by atoms with E-state index in [0.29, 0.717) is 6.54 Å². The SMILES string of the molecule is Cc1cccc(CNC(=O)CN(Cc2cccc(C)c2)S(C)(=O)=O)c1. The summed E-state index contributed by atoms with van der Waals surface area (Å²) in [5, 5.41) is 2.78. The van der Waals surface area contributed by atoms with Gasteiger partial charge >= 0.3 is 0 Å². The van der Waals surface area contributed by atoms with E-state index in [1.165, 1.54) is 4.31 Å². The van der Waals surface area contributed by atoms with E-state index in [4.69, 9.17) is 0 Å². The van der Waals surface area contributed by atoms with E-state index >= 15 is 0 Å². The Kier molecular flexibility index (Phi) is 6.33. The molecular weight excluding hydrogens is 336 g/mol. The number of carbonyl (C=O) groups excluding carboxylic acids is 1. The molecular formula is C19H24N2O3S. The minimum Gasteiger partial charge on any atom is -0.351 e. The van der Waals surface area contributed by atoms with Gasteiger partial charge in [0.05, 0.1) is 12.8 Å². The number of sulfonamides is 1. The second-order valence-electron chi connectivity index (χ2n) is 6.29. The second-order valence-corrected chi connectivity index (χ2v) is 8.27. The maximum Gasteiger partial charge on any atom is 0.235 e. The number of nitrogens with one attached hydrogen (secondary N) is 1. The first-order valence-corrected chi connectivity index (χ1v) is 9.92. The molecule has 0 radical (unpaired) electrons. The van der Waals surface area contributed by atoms with E-state index < -0.39 is 10.0 Å². The van der Waals surface area contributed by atoms with Crippen LogP contribution in [0, 0.1) is 13.8 Å². The van der Waals surface area contributed by atoms with Crippen LogP contribution in [0.1, 0.15) is 22.3 Å². The van der Waals surface area contributed by atoms with E-state index in [1.54, 1.807) is 0 Å². The van der Waals surface area contributed by atoms with Gasteiger partial charge in [-0.25, -0.2) is 8.42 Å². The average molecular weight is 360 g/mol. The zero-order chi connectivity index (χ0) is 18.4. The van der Waals surface area contributed by atoms with Gasteiger partial charge in [0, 0.05) is 13.1 Å². The molecule has 2 rings (SSSR count). The molecule has 2 aromatic rings. The summed E-state index contributed by atoms with van der Waals surface area (Å²) < 4.78 is 25.2. The summed E-state index contributed by atoms with van der Waals surface area (Å²) in [6.07, 6.45) is 1.12. The van der Waals surface area contributed by atoms with Crippen molar-refractivity contribution < 1.29 is 13.2 Å². The molecule has 134 valence electrons. The fourth-order valence-electron chi connectivity index (χ4n) is 2.54. The van der Waals surface area contributed by atoms with E-state index in [2.05, 4.69) is 5.32 Å². The molecule has 0 aliphatic carbocycles. The highest BCUT2D eigenvalue weighted by Crippen LogP contribution is 2.10. The van der Waals surface area contributed by atoms with Crippen LogP contribution < -0.4 is 5.32 Å². The first-order chi connectivity index (χ1) is 11.7. The van der Waals surface area contributed by atoms with Crippen LogP contribution in [0.4, 0.5) is 0 Å². The monoisotopic (exact) mass is 360 g/mol. The Bertz CT molecular complexity index is 847. The van der Waals surface area contributed by atoms with Crippen molar-refractivity contribution in [3.8, 4) is 0 Å². The number of benzene rings is 2.